The van der Waals surface area contributed by atoms with E-state index in [-0.39, 0.29) is 23.2 Å². The topological polar surface area (TPSA) is 46.5 Å². The Balaban J connectivity index is 1.73. The summed E-state index contributed by atoms with van der Waals surface area (Å²) in [5.41, 5.74) is 6.70. The number of aliphatic carboxylic acids is 1. The van der Waals surface area contributed by atoms with E-state index in [9.17, 15) is 9.90 Å². The predicted octanol–water partition coefficient (Wildman–Crippen LogP) is 7.53. The van der Waals surface area contributed by atoms with Crippen LogP contribution >= 0.6 is 0 Å². The van der Waals surface area contributed by atoms with Gasteiger partial charge in [0.2, 0.25) is 0 Å². The van der Waals surface area contributed by atoms with Crippen molar-refractivity contribution >= 4 is 5.97 Å². The van der Waals surface area contributed by atoms with E-state index >= 15 is 0 Å². The molecule has 0 unspecified atom stereocenters. The Labute approximate surface area is 193 Å². The molecule has 0 bridgehead atoms. The van der Waals surface area contributed by atoms with E-state index in [0.29, 0.717) is 6.61 Å². The van der Waals surface area contributed by atoms with Gasteiger partial charge in [-0.25, -0.2) is 0 Å². The van der Waals surface area contributed by atoms with E-state index in [1.165, 1.54) is 35.1 Å². The summed E-state index contributed by atoms with van der Waals surface area (Å²) in [6.45, 7) is 14.0. The molecule has 3 rings (SSSR count). The van der Waals surface area contributed by atoms with E-state index in [1.807, 2.05) is 31.2 Å². The maximum absolute atomic E-state index is 11.3. The van der Waals surface area contributed by atoms with Crippen molar-refractivity contribution in [1.82, 2.24) is 0 Å². The molecule has 0 saturated carbocycles. The van der Waals surface area contributed by atoms with E-state index in [4.69, 9.17) is 4.74 Å². The molecular weight excluding hydrogens is 396 g/mol. The maximum atomic E-state index is 11.3. The van der Waals surface area contributed by atoms with Crippen molar-refractivity contribution in [1.29, 1.82) is 0 Å². The molecule has 0 fully saturated rings. The summed E-state index contributed by atoms with van der Waals surface area (Å²) in [5, 5.41) is 9.30. The average Bonchev–Trinajstić information content (AvgIpc) is 2.75. The highest BCUT2D eigenvalue weighted by Gasteiger charge is 2.36. The number of carboxylic acid groups (broad SMARTS) is 1. The van der Waals surface area contributed by atoms with Crippen LogP contribution in [0.5, 0.6) is 5.75 Å². The van der Waals surface area contributed by atoms with Crippen molar-refractivity contribution in [2.75, 3.05) is 0 Å². The molecule has 0 spiro atoms. The van der Waals surface area contributed by atoms with E-state index in [0.717, 1.165) is 17.7 Å². The van der Waals surface area contributed by atoms with Crippen LogP contribution in [0.2, 0.25) is 0 Å². The highest BCUT2D eigenvalue weighted by Crippen LogP contribution is 2.46. The van der Waals surface area contributed by atoms with Crippen LogP contribution < -0.4 is 4.74 Å². The first-order valence-electron chi connectivity index (χ1n) is 11.8. The molecule has 172 valence electrons. The highest BCUT2D eigenvalue weighted by molar-refractivity contribution is 5.68. The second kappa shape index (κ2) is 9.52. The Hall–Kier alpha value is -2.55. The molecule has 3 nitrogen and oxygen atoms in total. The lowest BCUT2D eigenvalue weighted by molar-refractivity contribution is -0.137. The van der Waals surface area contributed by atoms with E-state index in [2.05, 4.69) is 58.9 Å². The molecule has 1 N–H and O–H groups in total. The van der Waals surface area contributed by atoms with Gasteiger partial charge in [0.25, 0.3) is 0 Å². The summed E-state index contributed by atoms with van der Waals surface area (Å²) in [6, 6.07) is 14.7. The second-order valence-electron chi connectivity index (χ2n) is 10.6. The fourth-order valence-electron chi connectivity index (χ4n) is 4.63. The number of hydrogen-bond donors (Lipinski definition) is 1. The molecule has 1 aliphatic rings. The standard InChI is InChI=1S/C29H38O3/c1-7-20(2)16-23(18-27(30)31)22-9-11-24(12-10-22)32-19-21-8-13-25-26(17-21)29(5,6)15-14-28(25,3)4/h8-13,16-17,23H,7,14-15,18-19H2,1-6H3,(H,30,31)/t23-/m0/s1. The van der Waals surface area contributed by atoms with Crippen LogP contribution in [0.4, 0.5) is 0 Å². The lowest BCUT2D eigenvalue weighted by atomic mass is 9.63. The van der Waals surface area contributed by atoms with Gasteiger partial charge in [-0.15, -0.1) is 0 Å². The van der Waals surface area contributed by atoms with Gasteiger partial charge >= 0.3 is 5.97 Å². The smallest absolute Gasteiger partial charge is 0.304 e. The minimum Gasteiger partial charge on any atom is -0.489 e. The maximum Gasteiger partial charge on any atom is 0.304 e. The molecule has 1 aliphatic carbocycles. The molecule has 0 amide bonds. The normalized spacial score (nSPS) is 18.0. The molecule has 32 heavy (non-hydrogen) atoms. The second-order valence-corrected chi connectivity index (χ2v) is 10.6. The number of carbonyl (C=O) groups is 1. The number of rotatable bonds is 8. The first-order chi connectivity index (χ1) is 15.0. The van der Waals surface area contributed by atoms with Gasteiger partial charge in [0.05, 0.1) is 6.42 Å². The van der Waals surface area contributed by atoms with Crippen LogP contribution in [0.3, 0.4) is 0 Å². The molecule has 3 heteroatoms. The number of fused-ring (bicyclic) bond motifs is 1. The summed E-state index contributed by atoms with van der Waals surface area (Å²) in [4.78, 5) is 11.3. The van der Waals surface area contributed by atoms with Crippen LogP contribution in [0.15, 0.2) is 54.1 Å². The van der Waals surface area contributed by atoms with E-state index < -0.39 is 5.97 Å². The Morgan fingerprint density at radius 1 is 1.03 bits per heavy atom. The number of carboxylic acids is 1. The van der Waals surface area contributed by atoms with Gasteiger partial charge in [-0.1, -0.05) is 76.6 Å². The number of ether oxygens (including phenoxy) is 1. The third-order valence-corrected chi connectivity index (χ3v) is 7.07. The minimum atomic E-state index is -0.783. The predicted molar refractivity (Wildman–Crippen MR) is 132 cm³/mol. The molecule has 1 atom stereocenters. The van der Waals surface area contributed by atoms with Gasteiger partial charge < -0.3 is 9.84 Å². The minimum absolute atomic E-state index is 0.0960. The average molecular weight is 435 g/mol. The molecule has 0 radical (unpaired) electrons. The summed E-state index contributed by atoms with van der Waals surface area (Å²) >= 11 is 0. The zero-order valence-corrected chi connectivity index (χ0v) is 20.5. The van der Waals surface area contributed by atoms with Gasteiger partial charge in [-0.2, -0.15) is 0 Å². The SMILES string of the molecule is CCC(C)=C[C@@H](CC(=O)O)c1ccc(OCc2ccc3c(c2)C(C)(C)CCC3(C)C)cc1. The Kier molecular flexibility index (Phi) is 7.17. The fraction of sp³-hybridized carbons (Fsp3) is 0.483. The van der Waals surface area contributed by atoms with Crippen molar-refractivity contribution in [2.45, 2.75) is 90.6 Å². The molecule has 0 aliphatic heterocycles. The lowest BCUT2D eigenvalue weighted by Crippen LogP contribution is -2.33. The number of allylic oxidation sites excluding steroid dienone is 2. The first kappa shape index (κ1) is 24.1. The Bertz CT molecular complexity index is 980. The van der Waals surface area contributed by atoms with Crippen LogP contribution in [0, 0.1) is 0 Å². The third-order valence-electron chi connectivity index (χ3n) is 7.07. The fourth-order valence-corrected chi connectivity index (χ4v) is 4.63. The van der Waals surface area contributed by atoms with Crippen molar-refractivity contribution in [3.05, 3.63) is 76.4 Å². The van der Waals surface area contributed by atoms with Gasteiger partial charge in [-0.3, -0.25) is 4.79 Å². The van der Waals surface area contributed by atoms with E-state index in [1.54, 1.807) is 0 Å². The summed E-state index contributed by atoms with van der Waals surface area (Å²) in [7, 11) is 0. The van der Waals surface area contributed by atoms with Crippen molar-refractivity contribution < 1.29 is 14.6 Å². The van der Waals surface area contributed by atoms with Crippen LogP contribution in [0.1, 0.15) is 95.4 Å². The Morgan fingerprint density at radius 3 is 2.25 bits per heavy atom. The van der Waals surface area contributed by atoms with Gasteiger partial charge in [0, 0.05) is 5.92 Å². The molecule has 0 heterocycles. The zero-order valence-electron chi connectivity index (χ0n) is 20.5. The first-order valence-corrected chi connectivity index (χ1v) is 11.8. The third kappa shape index (κ3) is 5.62. The molecule has 0 aromatic heterocycles. The molecular formula is C29H38O3. The van der Waals surface area contributed by atoms with Crippen molar-refractivity contribution in [2.24, 2.45) is 0 Å². The van der Waals surface area contributed by atoms with Gasteiger partial charge in [0.15, 0.2) is 0 Å². The van der Waals surface area contributed by atoms with Crippen LogP contribution in [-0.4, -0.2) is 11.1 Å². The zero-order chi connectivity index (χ0) is 23.5. The number of hydrogen-bond acceptors (Lipinski definition) is 2. The van der Waals surface area contributed by atoms with Crippen molar-refractivity contribution in [3.63, 3.8) is 0 Å². The van der Waals surface area contributed by atoms with Crippen LogP contribution in [0.25, 0.3) is 0 Å². The summed E-state index contributed by atoms with van der Waals surface area (Å²) in [5.74, 6) is -0.0990. The monoisotopic (exact) mass is 434 g/mol. The van der Waals surface area contributed by atoms with Gasteiger partial charge in [0.1, 0.15) is 12.4 Å². The van der Waals surface area contributed by atoms with Gasteiger partial charge in [-0.05, 0) is 71.4 Å². The molecule has 2 aromatic rings. The lowest BCUT2D eigenvalue weighted by Gasteiger charge is -2.42. The quantitative estimate of drug-likeness (QED) is 0.437. The largest absolute Gasteiger partial charge is 0.489 e. The molecule has 2 aromatic carbocycles. The van der Waals surface area contributed by atoms with Crippen LogP contribution in [-0.2, 0) is 22.2 Å². The summed E-state index contributed by atoms with van der Waals surface area (Å²) in [6.07, 6.45) is 5.50. The Morgan fingerprint density at radius 2 is 1.66 bits per heavy atom. The highest BCUT2D eigenvalue weighted by atomic mass is 16.5. The van der Waals surface area contributed by atoms with Crippen molar-refractivity contribution in [3.8, 4) is 5.75 Å². The summed E-state index contributed by atoms with van der Waals surface area (Å²) < 4.78 is 6.09. The molecule has 0 saturated heterocycles. The number of benzene rings is 2.